The van der Waals surface area contributed by atoms with Crippen molar-refractivity contribution in [2.24, 2.45) is 0 Å². The van der Waals surface area contributed by atoms with Crippen LogP contribution in [0.4, 0.5) is 11.8 Å². The topological polar surface area (TPSA) is 62.7 Å². The fourth-order valence-corrected chi connectivity index (χ4v) is 0.880. The normalized spacial score (nSPS) is 9.50. The minimum absolute atomic E-state index is 0.519. The van der Waals surface area contributed by atoms with Gasteiger partial charge in [-0.3, -0.25) is 0 Å². The third kappa shape index (κ3) is 3.38. The second-order valence-corrected chi connectivity index (χ2v) is 2.76. The molecule has 5 nitrogen and oxygen atoms in total. The Morgan fingerprint density at radius 2 is 2.36 bits per heavy atom. The zero-order chi connectivity index (χ0) is 10.2. The van der Waals surface area contributed by atoms with E-state index in [1.165, 1.54) is 0 Å². The van der Waals surface area contributed by atoms with Gasteiger partial charge in [-0.2, -0.15) is 10.1 Å². The first-order chi connectivity index (χ1) is 6.86. The van der Waals surface area contributed by atoms with Crippen molar-refractivity contribution in [3.05, 3.63) is 18.9 Å². The minimum atomic E-state index is 0.519. The first-order valence-electron chi connectivity index (χ1n) is 4.65. The molecule has 76 valence electrons. The van der Waals surface area contributed by atoms with Gasteiger partial charge in [-0.15, -0.1) is 11.7 Å². The van der Waals surface area contributed by atoms with E-state index in [0.29, 0.717) is 12.5 Å². The Hall–Kier alpha value is -1.65. The van der Waals surface area contributed by atoms with Crippen LogP contribution in [0.3, 0.4) is 0 Å². The van der Waals surface area contributed by atoms with Crippen molar-refractivity contribution >= 4 is 11.8 Å². The maximum atomic E-state index is 4.20. The van der Waals surface area contributed by atoms with E-state index >= 15 is 0 Å². The summed E-state index contributed by atoms with van der Waals surface area (Å²) < 4.78 is 0. The highest BCUT2D eigenvalue weighted by molar-refractivity contribution is 5.36. The maximum absolute atomic E-state index is 4.20. The van der Waals surface area contributed by atoms with E-state index in [1.807, 2.05) is 0 Å². The highest BCUT2D eigenvalue weighted by Crippen LogP contribution is 2.02. The van der Waals surface area contributed by atoms with Crippen molar-refractivity contribution in [2.75, 3.05) is 23.7 Å². The van der Waals surface area contributed by atoms with Gasteiger partial charge in [-0.05, 0) is 6.42 Å². The second kappa shape index (κ2) is 5.90. The highest BCUT2D eigenvalue weighted by atomic mass is 15.3. The highest BCUT2D eigenvalue weighted by Gasteiger charge is 1.97. The molecular weight excluding hydrogens is 178 g/mol. The molecule has 0 fully saturated rings. The Kier molecular flexibility index (Phi) is 4.40. The summed E-state index contributed by atoms with van der Waals surface area (Å²) in [5.41, 5.74) is 0. The summed E-state index contributed by atoms with van der Waals surface area (Å²) >= 11 is 0. The molecule has 0 amide bonds. The van der Waals surface area contributed by atoms with Gasteiger partial charge in [0, 0.05) is 13.1 Å². The molecule has 0 atom stereocenters. The molecule has 1 heterocycles. The number of nitrogens with zero attached hydrogens (tertiary/aromatic N) is 3. The summed E-state index contributed by atoms with van der Waals surface area (Å²) in [6, 6.07) is 0. The van der Waals surface area contributed by atoms with Crippen LogP contribution in [-0.4, -0.2) is 28.3 Å². The summed E-state index contributed by atoms with van der Waals surface area (Å²) in [5, 5.41) is 13.7. The molecule has 1 rings (SSSR count). The largest absolute Gasteiger partial charge is 0.369 e. The fourth-order valence-electron chi connectivity index (χ4n) is 0.880. The predicted octanol–water partition coefficient (Wildman–Crippen LogP) is 1.29. The number of nitrogens with one attached hydrogen (secondary N) is 2. The number of aromatic nitrogens is 3. The quantitative estimate of drug-likeness (QED) is 0.666. The van der Waals surface area contributed by atoms with Crippen LogP contribution in [0.1, 0.15) is 13.3 Å². The summed E-state index contributed by atoms with van der Waals surface area (Å²) in [4.78, 5) is 4.20. The lowest BCUT2D eigenvalue weighted by atomic mass is 10.5. The van der Waals surface area contributed by atoms with Crippen molar-refractivity contribution in [1.82, 2.24) is 15.2 Å². The number of anilines is 2. The molecule has 0 saturated heterocycles. The molecule has 0 aliphatic heterocycles. The first kappa shape index (κ1) is 10.4. The summed E-state index contributed by atoms with van der Waals surface area (Å²) in [7, 11) is 0. The molecule has 2 N–H and O–H groups in total. The van der Waals surface area contributed by atoms with Gasteiger partial charge in [0.05, 0.1) is 6.20 Å². The molecule has 0 saturated carbocycles. The van der Waals surface area contributed by atoms with Crippen LogP contribution in [-0.2, 0) is 0 Å². The third-order valence-electron chi connectivity index (χ3n) is 1.52. The van der Waals surface area contributed by atoms with Crippen LogP contribution < -0.4 is 10.6 Å². The van der Waals surface area contributed by atoms with Crippen molar-refractivity contribution in [1.29, 1.82) is 0 Å². The Balaban J connectivity index is 2.54. The van der Waals surface area contributed by atoms with Gasteiger partial charge in [-0.25, -0.2) is 0 Å². The lowest BCUT2D eigenvalue weighted by molar-refractivity contribution is 0.928. The molecule has 1 aromatic heterocycles. The number of hydrogen-bond acceptors (Lipinski definition) is 5. The Morgan fingerprint density at radius 3 is 3.07 bits per heavy atom. The van der Waals surface area contributed by atoms with Crippen LogP contribution in [0, 0.1) is 0 Å². The van der Waals surface area contributed by atoms with E-state index in [0.717, 1.165) is 18.8 Å². The average Bonchev–Trinajstić information content (AvgIpc) is 2.24. The summed E-state index contributed by atoms with van der Waals surface area (Å²) in [6.45, 7) is 7.22. The van der Waals surface area contributed by atoms with Crippen LogP contribution in [0.25, 0.3) is 0 Å². The molecule has 0 spiro atoms. The monoisotopic (exact) mass is 193 g/mol. The maximum Gasteiger partial charge on any atom is 0.244 e. The lowest BCUT2D eigenvalue weighted by Crippen LogP contribution is -2.08. The van der Waals surface area contributed by atoms with E-state index < -0.39 is 0 Å². The standard InChI is InChI=1S/C9H15N5/c1-3-5-10-8-7-12-14-9(13-8)11-6-4-2/h4,7H,2-3,5-6H2,1H3,(H2,10,11,13,14). The van der Waals surface area contributed by atoms with Gasteiger partial charge in [0.15, 0.2) is 0 Å². The van der Waals surface area contributed by atoms with E-state index in [4.69, 9.17) is 0 Å². The lowest BCUT2D eigenvalue weighted by Gasteiger charge is -2.04. The van der Waals surface area contributed by atoms with Gasteiger partial charge in [0.25, 0.3) is 0 Å². The molecule has 0 unspecified atom stereocenters. The Labute approximate surface area is 83.7 Å². The average molecular weight is 193 g/mol. The van der Waals surface area contributed by atoms with Crippen LogP contribution in [0.2, 0.25) is 0 Å². The molecule has 14 heavy (non-hydrogen) atoms. The first-order valence-corrected chi connectivity index (χ1v) is 4.65. The SMILES string of the molecule is C=CCNc1nncc(NCCC)n1. The molecule has 0 aliphatic carbocycles. The summed E-state index contributed by atoms with van der Waals surface area (Å²) in [5.74, 6) is 1.26. The van der Waals surface area contributed by atoms with Gasteiger partial charge in [0.2, 0.25) is 5.95 Å². The van der Waals surface area contributed by atoms with Gasteiger partial charge < -0.3 is 10.6 Å². The third-order valence-corrected chi connectivity index (χ3v) is 1.52. The van der Waals surface area contributed by atoms with Gasteiger partial charge >= 0.3 is 0 Å². The molecule has 0 bridgehead atoms. The van der Waals surface area contributed by atoms with Crippen LogP contribution in [0.15, 0.2) is 18.9 Å². The molecule has 1 aromatic rings. The Bertz CT molecular complexity index is 286. The minimum Gasteiger partial charge on any atom is -0.369 e. The second-order valence-electron chi connectivity index (χ2n) is 2.76. The van der Waals surface area contributed by atoms with Crippen molar-refractivity contribution < 1.29 is 0 Å². The van der Waals surface area contributed by atoms with Crippen LogP contribution >= 0.6 is 0 Å². The molecule has 0 aromatic carbocycles. The van der Waals surface area contributed by atoms with E-state index in [2.05, 4.69) is 39.3 Å². The van der Waals surface area contributed by atoms with Crippen molar-refractivity contribution in [3.63, 3.8) is 0 Å². The number of hydrogen-bond donors (Lipinski definition) is 2. The molecule has 0 radical (unpaired) electrons. The van der Waals surface area contributed by atoms with Crippen molar-refractivity contribution in [2.45, 2.75) is 13.3 Å². The Morgan fingerprint density at radius 1 is 1.50 bits per heavy atom. The van der Waals surface area contributed by atoms with E-state index in [9.17, 15) is 0 Å². The fraction of sp³-hybridized carbons (Fsp3) is 0.444. The van der Waals surface area contributed by atoms with E-state index in [1.54, 1.807) is 12.3 Å². The van der Waals surface area contributed by atoms with Crippen molar-refractivity contribution in [3.8, 4) is 0 Å². The molecule has 0 aliphatic rings. The molecule has 5 heteroatoms. The number of rotatable bonds is 6. The van der Waals surface area contributed by atoms with E-state index in [-0.39, 0.29) is 0 Å². The zero-order valence-electron chi connectivity index (χ0n) is 8.32. The smallest absolute Gasteiger partial charge is 0.244 e. The van der Waals surface area contributed by atoms with Gasteiger partial charge in [0.1, 0.15) is 5.82 Å². The predicted molar refractivity (Wildman–Crippen MR) is 57.3 cm³/mol. The zero-order valence-corrected chi connectivity index (χ0v) is 8.32. The van der Waals surface area contributed by atoms with Gasteiger partial charge in [-0.1, -0.05) is 13.0 Å². The summed E-state index contributed by atoms with van der Waals surface area (Å²) in [6.07, 6.45) is 4.41. The molecular formula is C9H15N5. The van der Waals surface area contributed by atoms with Crippen LogP contribution in [0.5, 0.6) is 0 Å².